The maximum absolute atomic E-state index is 11.8. The SMILES string of the molecule is CN(C)C(=O)CN=C(NCCCOCCOCc1ccccc1)NCC1CCOC1.I. The number of nitrogens with zero attached hydrogens (tertiary/aromatic N) is 2. The highest BCUT2D eigenvalue weighted by atomic mass is 127. The zero-order valence-electron chi connectivity index (χ0n) is 18.7. The van der Waals surface area contributed by atoms with Crippen LogP contribution in [0.15, 0.2) is 35.3 Å². The van der Waals surface area contributed by atoms with Gasteiger partial charge in [0.05, 0.1) is 26.4 Å². The van der Waals surface area contributed by atoms with Crippen molar-refractivity contribution in [2.45, 2.75) is 19.4 Å². The molecule has 1 aromatic carbocycles. The Balaban J connectivity index is 0.00000480. The average Bonchev–Trinajstić information content (AvgIpc) is 3.28. The molecule has 1 fully saturated rings. The van der Waals surface area contributed by atoms with Crippen molar-refractivity contribution in [2.75, 3.05) is 66.8 Å². The summed E-state index contributed by atoms with van der Waals surface area (Å²) in [5.41, 5.74) is 1.16. The third-order valence-corrected chi connectivity index (χ3v) is 4.69. The van der Waals surface area contributed by atoms with Gasteiger partial charge in [-0.05, 0) is 18.4 Å². The molecule has 1 aliphatic rings. The number of hydrogen-bond donors (Lipinski definition) is 2. The highest BCUT2D eigenvalue weighted by Crippen LogP contribution is 2.10. The van der Waals surface area contributed by atoms with Gasteiger partial charge in [-0.15, -0.1) is 24.0 Å². The van der Waals surface area contributed by atoms with Crippen molar-refractivity contribution in [3.8, 4) is 0 Å². The van der Waals surface area contributed by atoms with Crippen LogP contribution in [0.1, 0.15) is 18.4 Å². The number of likely N-dealkylation sites (N-methyl/N-ethyl adjacent to an activating group) is 1. The van der Waals surface area contributed by atoms with Gasteiger partial charge in [-0.25, -0.2) is 4.99 Å². The first-order chi connectivity index (χ1) is 14.6. The number of amides is 1. The van der Waals surface area contributed by atoms with Crippen LogP contribution in [0.3, 0.4) is 0 Å². The Labute approximate surface area is 203 Å². The van der Waals surface area contributed by atoms with Crippen LogP contribution in [0.4, 0.5) is 0 Å². The van der Waals surface area contributed by atoms with Gasteiger partial charge in [-0.2, -0.15) is 0 Å². The van der Waals surface area contributed by atoms with E-state index in [1.807, 2.05) is 30.3 Å². The molecule has 176 valence electrons. The fourth-order valence-corrected chi connectivity index (χ4v) is 2.81. The van der Waals surface area contributed by atoms with Crippen molar-refractivity contribution in [3.63, 3.8) is 0 Å². The summed E-state index contributed by atoms with van der Waals surface area (Å²) in [6, 6.07) is 10.1. The molecule has 1 heterocycles. The van der Waals surface area contributed by atoms with E-state index in [1.54, 1.807) is 19.0 Å². The first kappa shape index (κ1) is 27.6. The molecule has 8 nitrogen and oxygen atoms in total. The second-order valence-corrected chi connectivity index (χ2v) is 7.49. The van der Waals surface area contributed by atoms with E-state index in [9.17, 15) is 4.79 Å². The molecule has 31 heavy (non-hydrogen) atoms. The third kappa shape index (κ3) is 12.9. The Kier molecular flexibility index (Phi) is 15.3. The number of halogens is 1. The molecule has 1 saturated heterocycles. The van der Waals surface area contributed by atoms with Gasteiger partial charge in [0.2, 0.25) is 5.91 Å². The fourth-order valence-electron chi connectivity index (χ4n) is 2.81. The number of guanidine groups is 1. The van der Waals surface area contributed by atoms with Gasteiger partial charge in [-0.1, -0.05) is 30.3 Å². The lowest BCUT2D eigenvalue weighted by Gasteiger charge is -2.16. The maximum Gasteiger partial charge on any atom is 0.243 e. The Morgan fingerprint density at radius 3 is 2.65 bits per heavy atom. The molecule has 2 N–H and O–H groups in total. The quantitative estimate of drug-likeness (QED) is 0.170. The van der Waals surface area contributed by atoms with Crippen LogP contribution in [-0.4, -0.2) is 83.5 Å². The predicted molar refractivity (Wildman–Crippen MR) is 133 cm³/mol. The number of rotatable bonds is 13. The predicted octanol–water partition coefficient (Wildman–Crippen LogP) is 1.89. The topological polar surface area (TPSA) is 84.4 Å². The number of benzene rings is 1. The van der Waals surface area contributed by atoms with Crippen LogP contribution in [-0.2, 0) is 25.6 Å². The minimum atomic E-state index is -0.0286. The van der Waals surface area contributed by atoms with E-state index in [1.165, 1.54) is 0 Å². The summed E-state index contributed by atoms with van der Waals surface area (Å²) >= 11 is 0. The Hall–Kier alpha value is -1.43. The summed E-state index contributed by atoms with van der Waals surface area (Å²) < 4.78 is 16.6. The van der Waals surface area contributed by atoms with E-state index in [4.69, 9.17) is 14.2 Å². The van der Waals surface area contributed by atoms with Gasteiger partial charge < -0.3 is 29.7 Å². The molecular weight excluding hydrogens is 511 g/mol. The van der Waals surface area contributed by atoms with Gasteiger partial charge in [-0.3, -0.25) is 4.79 Å². The Morgan fingerprint density at radius 1 is 1.16 bits per heavy atom. The highest BCUT2D eigenvalue weighted by Gasteiger charge is 2.16. The minimum Gasteiger partial charge on any atom is -0.381 e. The van der Waals surface area contributed by atoms with Gasteiger partial charge in [0, 0.05) is 46.3 Å². The number of carbonyl (C=O) groups excluding carboxylic acids is 1. The normalized spacial score (nSPS) is 15.9. The monoisotopic (exact) mass is 548 g/mol. The van der Waals surface area contributed by atoms with Crippen LogP contribution in [0.2, 0.25) is 0 Å². The molecule has 0 aliphatic carbocycles. The number of carbonyl (C=O) groups is 1. The van der Waals surface area contributed by atoms with Crippen molar-refractivity contribution >= 4 is 35.8 Å². The summed E-state index contributed by atoms with van der Waals surface area (Å²) in [4.78, 5) is 17.7. The van der Waals surface area contributed by atoms with Gasteiger partial charge in [0.15, 0.2) is 5.96 Å². The molecule has 0 saturated carbocycles. The molecule has 0 spiro atoms. The number of hydrogen-bond acceptors (Lipinski definition) is 5. The first-order valence-electron chi connectivity index (χ1n) is 10.6. The molecule has 1 unspecified atom stereocenters. The number of ether oxygens (including phenoxy) is 3. The molecule has 0 radical (unpaired) electrons. The molecule has 1 atom stereocenters. The molecular formula is C22H37IN4O4. The fraction of sp³-hybridized carbons (Fsp3) is 0.636. The van der Waals surface area contributed by atoms with Crippen LogP contribution in [0, 0.1) is 5.92 Å². The maximum atomic E-state index is 11.8. The molecule has 1 aliphatic heterocycles. The van der Waals surface area contributed by atoms with Crippen LogP contribution in [0.25, 0.3) is 0 Å². The van der Waals surface area contributed by atoms with Crippen molar-refractivity contribution in [3.05, 3.63) is 35.9 Å². The molecule has 0 aromatic heterocycles. The zero-order chi connectivity index (χ0) is 21.4. The smallest absolute Gasteiger partial charge is 0.243 e. The Bertz CT molecular complexity index is 625. The van der Waals surface area contributed by atoms with Crippen molar-refractivity contribution < 1.29 is 19.0 Å². The largest absolute Gasteiger partial charge is 0.381 e. The molecule has 0 bridgehead atoms. The minimum absolute atomic E-state index is 0. The lowest BCUT2D eigenvalue weighted by atomic mass is 10.1. The summed E-state index contributed by atoms with van der Waals surface area (Å²) in [6.07, 6.45) is 1.89. The van der Waals surface area contributed by atoms with E-state index in [2.05, 4.69) is 15.6 Å². The molecule has 2 rings (SSSR count). The second-order valence-electron chi connectivity index (χ2n) is 7.49. The third-order valence-electron chi connectivity index (χ3n) is 4.69. The van der Waals surface area contributed by atoms with Crippen molar-refractivity contribution in [1.82, 2.24) is 15.5 Å². The van der Waals surface area contributed by atoms with E-state index < -0.39 is 0 Å². The molecule has 9 heteroatoms. The number of nitrogens with one attached hydrogen (secondary N) is 2. The summed E-state index contributed by atoms with van der Waals surface area (Å²) in [5.74, 6) is 1.11. The van der Waals surface area contributed by atoms with E-state index in [-0.39, 0.29) is 36.4 Å². The lowest BCUT2D eigenvalue weighted by Crippen LogP contribution is -2.41. The summed E-state index contributed by atoms with van der Waals surface area (Å²) in [5, 5.41) is 6.60. The zero-order valence-corrected chi connectivity index (χ0v) is 21.0. The molecule has 1 amide bonds. The van der Waals surface area contributed by atoms with Crippen molar-refractivity contribution in [2.24, 2.45) is 10.9 Å². The number of aliphatic imine (C=N–C) groups is 1. The standard InChI is InChI=1S/C22H36N4O4.HI/c1-26(2)21(27)16-25-22(24-15-20-9-12-29-18-20)23-10-6-11-28-13-14-30-17-19-7-4-3-5-8-19;/h3-5,7-8,20H,6,9-18H2,1-2H3,(H2,23,24,25);1H. The van der Waals surface area contributed by atoms with Crippen LogP contribution in [0.5, 0.6) is 0 Å². The average molecular weight is 548 g/mol. The molecule has 1 aromatic rings. The summed E-state index contributed by atoms with van der Waals surface area (Å²) in [6.45, 7) is 5.62. The van der Waals surface area contributed by atoms with E-state index in [0.29, 0.717) is 44.8 Å². The van der Waals surface area contributed by atoms with Crippen LogP contribution >= 0.6 is 24.0 Å². The van der Waals surface area contributed by atoms with Gasteiger partial charge in [0.25, 0.3) is 0 Å². The van der Waals surface area contributed by atoms with Crippen LogP contribution < -0.4 is 10.6 Å². The highest BCUT2D eigenvalue weighted by molar-refractivity contribution is 14.0. The summed E-state index contributed by atoms with van der Waals surface area (Å²) in [7, 11) is 3.46. The van der Waals surface area contributed by atoms with Gasteiger partial charge >= 0.3 is 0 Å². The van der Waals surface area contributed by atoms with Gasteiger partial charge in [0.1, 0.15) is 6.54 Å². The van der Waals surface area contributed by atoms with E-state index in [0.717, 1.165) is 38.2 Å². The first-order valence-corrected chi connectivity index (χ1v) is 10.6. The van der Waals surface area contributed by atoms with Crippen molar-refractivity contribution in [1.29, 1.82) is 0 Å². The second kappa shape index (κ2) is 17.2. The Morgan fingerprint density at radius 2 is 1.94 bits per heavy atom. The van der Waals surface area contributed by atoms with E-state index >= 15 is 0 Å². The lowest BCUT2D eigenvalue weighted by molar-refractivity contribution is -0.127.